The van der Waals surface area contributed by atoms with Crippen LogP contribution < -0.4 is 4.90 Å². The molecular weight excluding hydrogens is 232 g/mol. The minimum Gasteiger partial charge on any atom is -0.395 e. The summed E-state index contributed by atoms with van der Waals surface area (Å²) in [6.07, 6.45) is 0. The largest absolute Gasteiger partial charge is 0.395 e. The number of hydrogen-bond donors (Lipinski definition) is 1. The minimum absolute atomic E-state index is 0.0391. The predicted molar refractivity (Wildman–Crippen MR) is 63.1 cm³/mol. The molecule has 0 saturated heterocycles. The van der Waals surface area contributed by atoms with E-state index in [9.17, 15) is 10.1 Å². The van der Waals surface area contributed by atoms with Crippen LogP contribution in [0.2, 0.25) is 5.02 Å². The predicted octanol–water partition coefficient (Wildman–Crippen LogP) is 2.07. The van der Waals surface area contributed by atoms with E-state index in [1.54, 1.807) is 11.0 Å². The number of nitro groups is 1. The average Bonchev–Trinajstić information content (AvgIpc) is 2.26. The molecule has 0 fully saturated rings. The van der Waals surface area contributed by atoms with Crippen LogP contribution in [-0.4, -0.2) is 29.7 Å². The summed E-state index contributed by atoms with van der Waals surface area (Å²) in [5.74, 6) is 0. The summed E-state index contributed by atoms with van der Waals surface area (Å²) < 4.78 is 0. The Labute approximate surface area is 98.4 Å². The SMILES string of the molecule is CCN(CCO)c1c(Cl)cccc1[N+](=O)[O-]. The van der Waals surface area contributed by atoms with Gasteiger partial charge in [0.05, 0.1) is 16.6 Å². The maximum atomic E-state index is 10.9. The van der Waals surface area contributed by atoms with Crippen molar-refractivity contribution in [3.63, 3.8) is 0 Å². The first-order chi connectivity index (χ1) is 7.61. The zero-order valence-electron chi connectivity index (χ0n) is 8.89. The molecule has 0 amide bonds. The minimum atomic E-state index is -0.471. The van der Waals surface area contributed by atoms with Crippen LogP contribution in [0.15, 0.2) is 18.2 Å². The van der Waals surface area contributed by atoms with Crippen LogP contribution in [0.4, 0.5) is 11.4 Å². The third kappa shape index (κ3) is 2.62. The lowest BCUT2D eigenvalue weighted by Crippen LogP contribution is -2.27. The van der Waals surface area contributed by atoms with E-state index in [4.69, 9.17) is 16.7 Å². The van der Waals surface area contributed by atoms with Crippen molar-refractivity contribution >= 4 is 23.0 Å². The van der Waals surface area contributed by atoms with Gasteiger partial charge in [-0.05, 0) is 13.0 Å². The third-order valence-electron chi connectivity index (χ3n) is 2.23. The summed E-state index contributed by atoms with van der Waals surface area (Å²) in [6.45, 7) is 2.64. The summed E-state index contributed by atoms with van der Waals surface area (Å²) >= 11 is 5.95. The molecule has 0 aliphatic carbocycles. The number of hydrogen-bond acceptors (Lipinski definition) is 4. The Bertz CT molecular complexity index is 384. The Morgan fingerprint density at radius 2 is 2.25 bits per heavy atom. The summed E-state index contributed by atoms with van der Waals surface area (Å²) in [5.41, 5.74) is 0.327. The van der Waals surface area contributed by atoms with Crippen molar-refractivity contribution in [3.05, 3.63) is 33.3 Å². The molecule has 0 spiro atoms. The van der Waals surface area contributed by atoms with Crippen LogP contribution in [-0.2, 0) is 0 Å². The van der Waals surface area contributed by atoms with E-state index in [2.05, 4.69) is 0 Å². The highest BCUT2D eigenvalue weighted by molar-refractivity contribution is 6.33. The smallest absolute Gasteiger partial charge is 0.294 e. The standard InChI is InChI=1S/C10H13ClN2O3/c1-2-12(6-7-14)10-8(11)4-3-5-9(10)13(15)16/h3-5,14H,2,6-7H2,1H3. The molecule has 0 saturated carbocycles. The fraction of sp³-hybridized carbons (Fsp3) is 0.400. The van der Waals surface area contributed by atoms with Gasteiger partial charge in [-0.3, -0.25) is 10.1 Å². The average molecular weight is 245 g/mol. The summed E-state index contributed by atoms with van der Waals surface area (Å²) in [5, 5.41) is 20.1. The van der Waals surface area contributed by atoms with Crippen LogP contribution in [0, 0.1) is 10.1 Å². The molecule has 0 atom stereocenters. The summed E-state index contributed by atoms with van der Waals surface area (Å²) in [7, 11) is 0. The number of nitrogens with zero attached hydrogens (tertiary/aromatic N) is 2. The fourth-order valence-corrected chi connectivity index (χ4v) is 1.80. The van der Waals surface area contributed by atoms with E-state index >= 15 is 0 Å². The number of rotatable bonds is 5. The van der Waals surface area contributed by atoms with Gasteiger partial charge in [0.2, 0.25) is 0 Å². The number of halogens is 1. The first kappa shape index (κ1) is 12.7. The normalized spacial score (nSPS) is 10.2. The molecule has 1 N–H and O–H groups in total. The second-order valence-electron chi connectivity index (χ2n) is 3.17. The first-order valence-corrected chi connectivity index (χ1v) is 5.28. The van der Waals surface area contributed by atoms with Crippen molar-refractivity contribution in [2.75, 3.05) is 24.6 Å². The highest BCUT2D eigenvalue weighted by atomic mass is 35.5. The molecule has 0 bridgehead atoms. The van der Waals surface area contributed by atoms with Gasteiger partial charge in [-0.2, -0.15) is 0 Å². The zero-order chi connectivity index (χ0) is 12.1. The lowest BCUT2D eigenvalue weighted by atomic mass is 10.2. The van der Waals surface area contributed by atoms with E-state index < -0.39 is 4.92 Å². The first-order valence-electron chi connectivity index (χ1n) is 4.90. The Hall–Kier alpha value is -1.33. The summed E-state index contributed by atoms with van der Waals surface area (Å²) in [4.78, 5) is 12.1. The van der Waals surface area contributed by atoms with Gasteiger partial charge in [-0.25, -0.2) is 0 Å². The molecular formula is C10H13ClN2O3. The van der Waals surface area contributed by atoms with Gasteiger partial charge < -0.3 is 10.0 Å². The van der Waals surface area contributed by atoms with E-state index in [0.29, 0.717) is 23.8 Å². The molecule has 5 nitrogen and oxygen atoms in total. The van der Waals surface area contributed by atoms with E-state index in [1.165, 1.54) is 12.1 Å². The molecule has 0 heterocycles. The third-order valence-corrected chi connectivity index (χ3v) is 2.54. The van der Waals surface area contributed by atoms with Gasteiger partial charge in [-0.15, -0.1) is 0 Å². The molecule has 6 heteroatoms. The van der Waals surface area contributed by atoms with Gasteiger partial charge in [0.15, 0.2) is 0 Å². The molecule has 0 aliphatic rings. The van der Waals surface area contributed by atoms with Gasteiger partial charge in [0.25, 0.3) is 5.69 Å². The van der Waals surface area contributed by atoms with E-state index in [-0.39, 0.29) is 12.3 Å². The molecule has 0 radical (unpaired) electrons. The highest BCUT2D eigenvalue weighted by Crippen LogP contribution is 2.34. The molecule has 0 aliphatic heterocycles. The Kier molecular flexibility index (Phi) is 4.52. The second kappa shape index (κ2) is 5.67. The van der Waals surface area contributed by atoms with Crippen molar-refractivity contribution in [1.82, 2.24) is 0 Å². The number of benzene rings is 1. The zero-order valence-corrected chi connectivity index (χ0v) is 9.65. The van der Waals surface area contributed by atoms with Crippen LogP contribution in [0.5, 0.6) is 0 Å². The van der Waals surface area contributed by atoms with Crippen LogP contribution in [0.3, 0.4) is 0 Å². The van der Waals surface area contributed by atoms with Crippen molar-refractivity contribution in [2.24, 2.45) is 0 Å². The molecule has 0 unspecified atom stereocenters. The maximum absolute atomic E-state index is 10.9. The van der Waals surface area contributed by atoms with Crippen molar-refractivity contribution < 1.29 is 10.0 Å². The monoisotopic (exact) mass is 244 g/mol. The van der Waals surface area contributed by atoms with Crippen LogP contribution >= 0.6 is 11.6 Å². The van der Waals surface area contributed by atoms with Gasteiger partial charge in [-0.1, -0.05) is 17.7 Å². The lowest BCUT2D eigenvalue weighted by Gasteiger charge is -2.22. The molecule has 88 valence electrons. The topological polar surface area (TPSA) is 66.6 Å². The number of aliphatic hydroxyl groups excluding tert-OH is 1. The highest BCUT2D eigenvalue weighted by Gasteiger charge is 2.20. The summed E-state index contributed by atoms with van der Waals surface area (Å²) in [6, 6.07) is 4.54. The second-order valence-corrected chi connectivity index (χ2v) is 3.58. The Morgan fingerprint density at radius 3 is 2.75 bits per heavy atom. The Morgan fingerprint density at radius 1 is 1.56 bits per heavy atom. The molecule has 1 aromatic carbocycles. The number of nitro benzene ring substituents is 1. The van der Waals surface area contributed by atoms with E-state index in [1.807, 2.05) is 6.92 Å². The van der Waals surface area contributed by atoms with Gasteiger partial charge in [0.1, 0.15) is 5.69 Å². The number of para-hydroxylation sites is 1. The number of aliphatic hydroxyl groups is 1. The fourth-order valence-electron chi connectivity index (χ4n) is 1.51. The quantitative estimate of drug-likeness (QED) is 0.636. The maximum Gasteiger partial charge on any atom is 0.294 e. The van der Waals surface area contributed by atoms with Crippen LogP contribution in [0.25, 0.3) is 0 Å². The lowest BCUT2D eigenvalue weighted by molar-refractivity contribution is -0.384. The van der Waals surface area contributed by atoms with Crippen LogP contribution in [0.1, 0.15) is 6.92 Å². The molecule has 16 heavy (non-hydrogen) atoms. The van der Waals surface area contributed by atoms with E-state index in [0.717, 1.165) is 0 Å². The molecule has 1 rings (SSSR count). The van der Waals surface area contributed by atoms with Crippen molar-refractivity contribution in [1.29, 1.82) is 0 Å². The van der Waals surface area contributed by atoms with Gasteiger partial charge in [0, 0.05) is 19.2 Å². The number of likely N-dealkylation sites (N-methyl/N-ethyl adjacent to an activating group) is 1. The molecule has 0 aromatic heterocycles. The van der Waals surface area contributed by atoms with Crippen molar-refractivity contribution in [3.8, 4) is 0 Å². The Balaban J connectivity index is 3.22. The van der Waals surface area contributed by atoms with Crippen molar-refractivity contribution in [2.45, 2.75) is 6.92 Å². The van der Waals surface area contributed by atoms with Gasteiger partial charge >= 0.3 is 0 Å². The molecule has 1 aromatic rings. The number of anilines is 1.